The maximum atomic E-state index is 12.9. The Morgan fingerprint density at radius 1 is 1.14 bits per heavy atom. The van der Waals surface area contributed by atoms with Gasteiger partial charge < -0.3 is 9.52 Å². The van der Waals surface area contributed by atoms with Crippen molar-refractivity contribution in [2.75, 3.05) is 4.90 Å². The molecule has 0 radical (unpaired) electrons. The molecule has 1 saturated heterocycles. The number of furan rings is 1. The van der Waals surface area contributed by atoms with E-state index >= 15 is 0 Å². The molecule has 0 bridgehead atoms. The van der Waals surface area contributed by atoms with Crippen molar-refractivity contribution < 1.29 is 19.1 Å². The molecule has 1 aromatic heterocycles. The SMILES string of the molecule is O=C(O)c1cccc(N2C(=O)C(=Cc3ccc(-c4ccccc4Cl)o3)SC2=S)c1. The van der Waals surface area contributed by atoms with E-state index in [-0.39, 0.29) is 11.5 Å². The Kier molecular flexibility index (Phi) is 5.27. The first-order valence-corrected chi connectivity index (χ1v) is 10.0. The molecule has 3 aromatic rings. The van der Waals surface area contributed by atoms with E-state index in [9.17, 15) is 14.7 Å². The van der Waals surface area contributed by atoms with Crippen molar-refractivity contribution in [3.8, 4) is 11.3 Å². The number of rotatable bonds is 4. The van der Waals surface area contributed by atoms with Gasteiger partial charge in [-0.2, -0.15) is 0 Å². The van der Waals surface area contributed by atoms with Gasteiger partial charge in [-0.25, -0.2) is 4.79 Å². The van der Waals surface area contributed by atoms with Gasteiger partial charge in [0.1, 0.15) is 11.5 Å². The van der Waals surface area contributed by atoms with E-state index in [2.05, 4.69) is 0 Å². The first-order chi connectivity index (χ1) is 13.9. The zero-order chi connectivity index (χ0) is 20.5. The van der Waals surface area contributed by atoms with Crippen LogP contribution in [0.1, 0.15) is 16.1 Å². The van der Waals surface area contributed by atoms with Gasteiger partial charge in [0.25, 0.3) is 5.91 Å². The quantitative estimate of drug-likeness (QED) is 0.413. The number of thiocarbonyl (C=S) groups is 1. The van der Waals surface area contributed by atoms with Crippen molar-refractivity contribution in [3.05, 3.63) is 81.9 Å². The summed E-state index contributed by atoms with van der Waals surface area (Å²) in [5.41, 5.74) is 1.25. The van der Waals surface area contributed by atoms with Gasteiger partial charge in [-0.1, -0.05) is 53.8 Å². The molecule has 2 heterocycles. The van der Waals surface area contributed by atoms with Crippen molar-refractivity contribution in [2.45, 2.75) is 0 Å². The van der Waals surface area contributed by atoms with E-state index in [0.29, 0.717) is 31.5 Å². The van der Waals surface area contributed by atoms with E-state index in [1.54, 1.807) is 36.4 Å². The zero-order valence-electron chi connectivity index (χ0n) is 14.7. The summed E-state index contributed by atoms with van der Waals surface area (Å²) in [5.74, 6) is -0.333. The molecule has 1 fully saturated rings. The fourth-order valence-corrected chi connectivity index (χ4v) is 4.34. The van der Waals surface area contributed by atoms with Crippen LogP contribution in [0, 0.1) is 0 Å². The minimum atomic E-state index is -1.07. The van der Waals surface area contributed by atoms with Crippen LogP contribution in [-0.2, 0) is 4.79 Å². The summed E-state index contributed by atoms with van der Waals surface area (Å²) in [4.78, 5) is 25.8. The Hall–Kier alpha value is -2.87. The third-order valence-electron chi connectivity index (χ3n) is 4.18. The van der Waals surface area contributed by atoms with Gasteiger partial charge >= 0.3 is 5.97 Å². The molecule has 1 amide bonds. The van der Waals surface area contributed by atoms with Crippen LogP contribution < -0.4 is 4.90 Å². The van der Waals surface area contributed by atoms with Crippen LogP contribution in [0.15, 0.2) is 70.0 Å². The molecule has 0 atom stereocenters. The van der Waals surface area contributed by atoms with Crippen LogP contribution in [0.2, 0.25) is 5.02 Å². The molecule has 144 valence electrons. The molecule has 0 saturated carbocycles. The van der Waals surface area contributed by atoms with E-state index in [4.69, 9.17) is 28.2 Å². The maximum Gasteiger partial charge on any atom is 0.335 e. The summed E-state index contributed by atoms with van der Waals surface area (Å²) in [6, 6.07) is 16.9. The summed E-state index contributed by atoms with van der Waals surface area (Å²) in [6.07, 6.45) is 1.61. The molecule has 1 N–H and O–H groups in total. The number of aromatic carboxylic acids is 1. The zero-order valence-corrected chi connectivity index (χ0v) is 17.1. The van der Waals surface area contributed by atoms with Crippen LogP contribution in [0.4, 0.5) is 5.69 Å². The number of nitrogens with zero attached hydrogens (tertiary/aromatic N) is 1. The van der Waals surface area contributed by atoms with Crippen LogP contribution in [-0.4, -0.2) is 21.3 Å². The van der Waals surface area contributed by atoms with E-state index < -0.39 is 5.97 Å². The molecule has 4 rings (SSSR count). The summed E-state index contributed by atoms with van der Waals surface area (Å²) in [5, 5.41) is 9.74. The third kappa shape index (κ3) is 3.85. The number of carboxylic acids is 1. The van der Waals surface area contributed by atoms with Gasteiger partial charge in [-0.15, -0.1) is 0 Å². The minimum absolute atomic E-state index is 0.0796. The van der Waals surface area contributed by atoms with E-state index in [0.717, 1.165) is 17.3 Å². The summed E-state index contributed by atoms with van der Waals surface area (Å²) >= 11 is 12.7. The topological polar surface area (TPSA) is 70.8 Å². The minimum Gasteiger partial charge on any atom is -0.478 e. The Morgan fingerprint density at radius 3 is 2.69 bits per heavy atom. The highest BCUT2D eigenvalue weighted by Gasteiger charge is 2.33. The van der Waals surface area contributed by atoms with Gasteiger partial charge in [0.15, 0.2) is 4.32 Å². The third-order valence-corrected chi connectivity index (χ3v) is 5.82. The number of hydrogen-bond donors (Lipinski definition) is 1. The van der Waals surface area contributed by atoms with Crippen molar-refractivity contribution in [3.63, 3.8) is 0 Å². The van der Waals surface area contributed by atoms with Gasteiger partial charge in [0.05, 0.1) is 21.2 Å². The van der Waals surface area contributed by atoms with Gasteiger partial charge in [-0.3, -0.25) is 9.69 Å². The second-order valence-corrected chi connectivity index (χ2v) is 8.14. The number of anilines is 1. The Labute approximate surface area is 180 Å². The molecule has 0 spiro atoms. The summed E-state index contributed by atoms with van der Waals surface area (Å²) in [6.45, 7) is 0. The number of benzene rings is 2. The number of carbonyl (C=O) groups is 2. The standard InChI is InChI=1S/C21H12ClNO4S2/c22-16-7-2-1-6-15(16)17-9-8-14(27-17)11-18-19(24)23(21(28)29-18)13-5-3-4-12(10-13)20(25)26/h1-11H,(H,25,26). The predicted molar refractivity (Wildman–Crippen MR) is 118 cm³/mol. The van der Waals surface area contributed by atoms with E-state index in [1.807, 2.05) is 18.2 Å². The lowest BCUT2D eigenvalue weighted by Gasteiger charge is -2.14. The first-order valence-electron chi connectivity index (χ1n) is 8.40. The second kappa shape index (κ2) is 7.87. The molecule has 2 aromatic carbocycles. The average Bonchev–Trinajstić information content (AvgIpc) is 3.27. The van der Waals surface area contributed by atoms with E-state index in [1.165, 1.54) is 17.0 Å². The molecule has 0 aliphatic carbocycles. The number of thioether (sulfide) groups is 1. The molecule has 0 unspecified atom stereocenters. The van der Waals surface area contributed by atoms with Crippen molar-refractivity contribution in [1.29, 1.82) is 0 Å². The molecule has 29 heavy (non-hydrogen) atoms. The summed E-state index contributed by atoms with van der Waals surface area (Å²) < 4.78 is 6.14. The van der Waals surface area contributed by atoms with Gasteiger partial charge in [0.2, 0.25) is 0 Å². The number of halogens is 1. The van der Waals surface area contributed by atoms with Crippen molar-refractivity contribution >= 4 is 63.5 Å². The van der Waals surface area contributed by atoms with Gasteiger partial charge in [-0.05, 0) is 42.5 Å². The highest BCUT2D eigenvalue weighted by Crippen LogP contribution is 2.37. The van der Waals surface area contributed by atoms with Gasteiger partial charge in [0, 0.05) is 11.6 Å². The molecular formula is C21H12ClNO4S2. The van der Waals surface area contributed by atoms with Crippen molar-refractivity contribution in [2.24, 2.45) is 0 Å². The molecule has 5 nitrogen and oxygen atoms in total. The highest BCUT2D eigenvalue weighted by molar-refractivity contribution is 8.27. The first kappa shape index (κ1) is 19.4. The lowest BCUT2D eigenvalue weighted by atomic mass is 10.2. The molecule has 1 aliphatic rings. The number of amides is 1. The van der Waals surface area contributed by atoms with Crippen LogP contribution in [0.3, 0.4) is 0 Å². The van der Waals surface area contributed by atoms with Crippen molar-refractivity contribution in [1.82, 2.24) is 0 Å². The number of hydrogen-bond acceptors (Lipinski definition) is 5. The van der Waals surface area contributed by atoms with Crippen LogP contribution in [0.5, 0.6) is 0 Å². The normalized spacial score (nSPS) is 15.3. The molecule has 1 aliphatic heterocycles. The predicted octanol–water partition coefficient (Wildman–Crippen LogP) is 5.70. The Bertz CT molecular complexity index is 1180. The van der Waals surface area contributed by atoms with Crippen LogP contribution in [0.25, 0.3) is 17.4 Å². The number of carboxylic acid groups (broad SMARTS) is 1. The largest absolute Gasteiger partial charge is 0.478 e. The fourth-order valence-electron chi connectivity index (χ4n) is 2.83. The fraction of sp³-hybridized carbons (Fsp3) is 0. The molecular weight excluding hydrogens is 430 g/mol. The number of carbonyl (C=O) groups excluding carboxylic acids is 1. The lowest BCUT2D eigenvalue weighted by Crippen LogP contribution is -2.27. The Balaban J connectivity index is 1.63. The van der Waals surface area contributed by atoms with Crippen LogP contribution >= 0.6 is 35.6 Å². The molecule has 8 heteroatoms. The monoisotopic (exact) mass is 441 g/mol. The summed E-state index contributed by atoms with van der Waals surface area (Å²) in [7, 11) is 0. The smallest absolute Gasteiger partial charge is 0.335 e. The lowest BCUT2D eigenvalue weighted by molar-refractivity contribution is -0.113. The Morgan fingerprint density at radius 2 is 1.93 bits per heavy atom. The maximum absolute atomic E-state index is 12.9. The second-order valence-electron chi connectivity index (χ2n) is 6.05. The highest BCUT2D eigenvalue weighted by atomic mass is 35.5. The average molecular weight is 442 g/mol.